The van der Waals surface area contributed by atoms with Crippen molar-refractivity contribution in [3.8, 4) is 0 Å². The van der Waals surface area contributed by atoms with Crippen LogP contribution < -0.4 is 10.6 Å². The second-order valence-corrected chi connectivity index (χ2v) is 3.80. The fourth-order valence-electron chi connectivity index (χ4n) is 1.29. The third-order valence-electron chi connectivity index (χ3n) is 2.46. The summed E-state index contributed by atoms with van der Waals surface area (Å²) in [5.41, 5.74) is 0.861. The van der Waals surface area contributed by atoms with Crippen molar-refractivity contribution in [2.45, 2.75) is 25.9 Å². The first-order valence-electron chi connectivity index (χ1n) is 5.75. The number of aliphatic hydroxyl groups excluding tert-OH is 1. The van der Waals surface area contributed by atoms with Crippen LogP contribution in [0.15, 0.2) is 24.5 Å². The zero-order valence-electron chi connectivity index (χ0n) is 10.2. The molecule has 3 N–H and O–H groups in total. The van der Waals surface area contributed by atoms with E-state index in [9.17, 15) is 9.59 Å². The zero-order valence-corrected chi connectivity index (χ0v) is 10.2. The summed E-state index contributed by atoms with van der Waals surface area (Å²) in [4.78, 5) is 26.8. The van der Waals surface area contributed by atoms with E-state index in [-0.39, 0.29) is 19.2 Å². The molecule has 1 heterocycles. The molecule has 0 saturated heterocycles. The van der Waals surface area contributed by atoms with E-state index in [4.69, 9.17) is 5.11 Å². The van der Waals surface area contributed by atoms with Gasteiger partial charge < -0.3 is 15.7 Å². The van der Waals surface area contributed by atoms with Crippen molar-refractivity contribution in [1.29, 1.82) is 0 Å². The molecule has 18 heavy (non-hydrogen) atoms. The monoisotopic (exact) mass is 251 g/mol. The highest BCUT2D eigenvalue weighted by molar-refractivity contribution is 6.35. The molecule has 6 nitrogen and oxygen atoms in total. The van der Waals surface area contributed by atoms with Crippen LogP contribution in [0.3, 0.4) is 0 Å². The molecule has 0 aliphatic heterocycles. The van der Waals surface area contributed by atoms with Crippen LogP contribution in [-0.4, -0.2) is 34.6 Å². The fourth-order valence-corrected chi connectivity index (χ4v) is 1.29. The van der Waals surface area contributed by atoms with Crippen molar-refractivity contribution in [2.75, 3.05) is 6.61 Å². The SMILES string of the molecule is CCC(CO)NC(=O)C(=O)NCc1ccncc1. The van der Waals surface area contributed by atoms with E-state index in [1.165, 1.54) is 0 Å². The molecular formula is C12H17N3O3. The van der Waals surface area contributed by atoms with E-state index in [2.05, 4.69) is 15.6 Å². The van der Waals surface area contributed by atoms with Gasteiger partial charge in [-0.2, -0.15) is 0 Å². The average molecular weight is 251 g/mol. The predicted octanol–water partition coefficient (Wildman–Crippen LogP) is -0.415. The molecule has 0 aliphatic carbocycles. The number of hydrogen-bond acceptors (Lipinski definition) is 4. The minimum absolute atomic E-state index is 0.181. The van der Waals surface area contributed by atoms with Gasteiger partial charge in [-0.25, -0.2) is 0 Å². The summed E-state index contributed by atoms with van der Waals surface area (Å²) in [6.45, 7) is 1.90. The lowest BCUT2D eigenvalue weighted by atomic mass is 10.2. The number of pyridine rings is 1. The topological polar surface area (TPSA) is 91.3 Å². The van der Waals surface area contributed by atoms with E-state index < -0.39 is 11.8 Å². The number of nitrogens with one attached hydrogen (secondary N) is 2. The van der Waals surface area contributed by atoms with Gasteiger partial charge in [-0.3, -0.25) is 14.6 Å². The van der Waals surface area contributed by atoms with Gasteiger partial charge >= 0.3 is 11.8 Å². The van der Waals surface area contributed by atoms with Crippen LogP contribution in [0.2, 0.25) is 0 Å². The fraction of sp³-hybridized carbons (Fsp3) is 0.417. The summed E-state index contributed by atoms with van der Waals surface area (Å²) in [6.07, 6.45) is 3.79. The van der Waals surface area contributed by atoms with Crippen molar-refractivity contribution < 1.29 is 14.7 Å². The number of rotatable bonds is 5. The normalized spacial score (nSPS) is 11.7. The molecule has 0 saturated carbocycles. The van der Waals surface area contributed by atoms with Crippen LogP contribution in [0.25, 0.3) is 0 Å². The number of aliphatic hydroxyl groups is 1. The van der Waals surface area contributed by atoms with Gasteiger partial charge in [-0.15, -0.1) is 0 Å². The molecule has 0 spiro atoms. The smallest absolute Gasteiger partial charge is 0.309 e. The number of amides is 2. The first-order valence-corrected chi connectivity index (χ1v) is 5.75. The van der Waals surface area contributed by atoms with E-state index in [0.717, 1.165) is 5.56 Å². The van der Waals surface area contributed by atoms with Gasteiger partial charge in [0.2, 0.25) is 0 Å². The van der Waals surface area contributed by atoms with Gasteiger partial charge in [0.05, 0.1) is 12.6 Å². The molecule has 1 unspecified atom stereocenters. The number of nitrogens with zero attached hydrogens (tertiary/aromatic N) is 1. The van der Waals surface area contributed by atoms with E-state index in [1.54, 1.807) is 24.5 Å². The maximum absolute atomic E-state index is 11.5. The summed E-state index contributed by atoms with van der Waals surface area (Å²) < 4.78 is 0. The second-order valence-electron chi connectivity index (χ2n) is 3.80. The molecule has 1 aromatic rings. The molecule has 0 radical (unpaired) electrons. The third kappa shape index (κ3) is 4.50. The highest BCUT2D eigenvalue weighted by atomic mass is 16.3. The minimum Gasteiger partial charge on any atom is -0.394 e. The maximum atomic E-state index is 11.5. The summed E-state index contributed by atoms with van der Waals surface area (Å²) in [7, 11) is 0. The Bertz CT molecular complexity index is 391. The predicted molar refractivity (Wildman–Crippen MR) is 65.4 cm³/mol. The molecule has 6 heteroatoms. The first kappa shape index (κ1) is 14.1. The number of carbonyl (C=O) groups is 2. The lowest BCUT2D eigenvalue weighted by molar-refractivity contribution is -0.139. The van der Waals surface area contributed by atoms with Gasteiger partial charge in [-0.05, 0) is 24.1 Å². The van der Waals surface area contributed by atoms with Gasteiger partial charge in [-0.1, -0.05) is 6.92 Å². The molecule has 0 fully saturated rings. The standard InChI is InChI=1S/C12H17N3O3/c1-2-10(8-16)15-12(18)11(17)14-7-9-3-5-13-6-4-9/h3-6,10,16H,2,7-8H2,1H3,(H,14,17)(H,15,18). The molecule has 98 valence electrons. The van der Waals surface area contributed by atoms with Crippen LogP contribution in [0.4, 0.5) is 0 Å². The van der Waals surface area contributed by atoms with Crippen LogP contribution in [0, 0.1) is 0 Å². The Hall–Kier alpha value is -1.95. The molecule has 2 amide bonds. The van der Waals surface area contributed by atoms with Crippen molar-refractivity contribution in [1.82, 2.24) is 15.6 Å². The zero-order chi connectivity index (χ0) is 13.4. The van der Waals surface area contributed by atoms with Crippen LogP contribution in [0.5, 0.6) is 0 Å². The Morgan fingerprint density at radius 1 is 1.33 bits per heavy atom. The van der Waals surface area contributed by atoms with Gasteiger partial charge in [0.25, 0.3) is 0 Å². The first-order chi connectivity index (χ1) is 8.67. The highest BCUT2D eigenvalue weighted by Gasteiger charge is 2.16. The molecule has 1 rings (SSSR count). The third-order valence-corrected chi connectivity index (χ3v) is 2.46. The maximum Gasteiger partial charge on any atom is 0.309 e. The molecule has 1 atom stereocenters. The Labute approximate surface area is 105 Å². The number of hydrogen-bond donors (Lipinski definition) is 3. The Morgan fingerprint density at radius 3 is 2.56 bits per heavy atom. The highest BCUT2D eigenvalue weighted by Crippen LogP contribution is 1.95. The Balaban J connectivity index is 2.39. The molecule has 0 aliphatic rings. The van der Waals surface area contributed by atoms with Crippen molar-refractivity contribution in [2.24, 2.45) is 0 Å². The summed E-state index contributed by atoms with van der Waals surface area (Å²) >= 11 is 0. The number of aromatic nitrogens is 1. The van der Waals surface area contributed by atoms with Crippen LogP contribution in [0.1, 0.15) is 18.9 Å². The molecular weight excluding hydrogens is 234 g/mol. The van der Waals surface area contributed by atoms with Crippen molar-refractivity contribution in [3.05, 3.63) is 30.1 Å². The summed E-state index contributed by atoms with van der Waals surface area (Å²) in [5.74, 6) is -1.44. The molecule has 1 aromatic heterocycles. The van der Waals surface area contributed by atoms with Crippen LogP contribution >= 0.6 is 0 Å². The largest absolute Gasteiger partial charge is 0.394 e. The quantitative estimate of drug-likeness (QED) is 0.620. The van der Waals surface area contributed by atoms with Gasteiger partial charge in [0.15, 0.2) is 0 Å². The Kier molecular flexibility index (Phi) is 5.79. The van der Waals surface area contributed by atoms with Crippen LogP contribution in [-0.2, 0) is 16.1 Å². The van der Waals surface area contributed by atoms with E-state index >= 15 is 0 Å². The molecule has 0 bridgehead atoms. The van der Waals surface area contributed by atoms with Crippen molar-refractivity contribution >= 4 is 11.8 Å². The van der Waals surface area contributed by atoms with Gasteiger partial charge in [0, 0.05) is 18.9 Å². The van der Waals surface area contributed by atoms with E-state index in [1.807, 2.05) is 6.92 Å². The second kappa shape index (κ2) is 7.39. The molecule has 0 aromatic carbocycles. The summed E-state index contributed by atoms with van der Waals surface area (Å²) in [6, 6.07) is 3.12. The minimum atomic E-state index is -0.732. The Morgan fingerprint density at radius 2 is 2.00 bits per heavy atom. The van der Waals surface area contributed by atoms with Gasteiger partial charge in [0.1, 0.15) is 0 Å². The lowest BCUT2D eigenvalue weighted by Crippen LogP contribution is -2.45. The lowest BCUT2D eigenvalue weighted by Gasteiger charge is -2.13. The number of carbonyl (C=O) groups excluding carboxylic acids is 2. The van der Waals surface area contributed by atoms with Crippen molar-refractivity contribution in [3.63, 3.8) is 0 Å². The average Bonchev–Trinajstić information content (AvgIpc) is 2.42. The summed E-state index contributed by atoms with van der Waals surface area (Å²) in [5, 5.41) is 13.8. The van der Waals surface area contributed by atoms with E-state index in [0.29, 0.717) is 6.42 Å².